The fraction of sp³-hybridized carbons (Fsp3) is 0.167. The molecule has 0 fully saturated rings. The summed E-state index contributed by atoms with van der Waals surface area (Å²) in [5, 5.41) is 0.825. The Hall–Kier alpha value is -2.04. The maximum atomic E-state index is 11.2. The maximum absolute atomic E-state index is 11.2. The molecule has 0 bridgehead atoms. The lowest BCUT2D eigenvalue weighted by Crippen LogP contribution is -2.03. The molecule has 3 nitrogen and oxygen atoms in total. The molecule has 1 unspecified atom stereocenters. The highest BCUT2D eigenvalue weighted by molar-refractivity contribution is 7.09. The van der Waals surface area contributed by atoms with Crippen LogP contribution in [0.15, 0.2) is 53.3 Å². The molecule has 3 aromatic rings. The average molecular weight is 344 g/mol. The van der Waals surface area contributed by atoms with Crippen molar-refractivity contribution in [3.8, 4) is 16.2 Å². The van der Waals surface area contributed by atoms with Gasteiger partial charge in [-0.2, -0.15) is 0 Å². The van der Waals surface area contributed by atoms with E-state index in [1.54, 1.807) is 6.07 Å². The number of hydrogen-bond donors (Lipinski definition) is 1. The van der Waals surface area contributed by atoms with Crippen molar-refractivity contribution in [3.63, 3.8) is 0 Å². The van der Waals surface area contributed by atoms with Crippen molar-refractivity contribution < 1.29 is 4.74 Å². The van der Waals surface area contributed by atoms with Crippen LogP contribution >= 0.6 is 23.1 Å². The van der Waals surface area contributed by atoms with Crippen LogP contribution in [0.25, 0.3) is 10.4 Å². The number of aromatic amines is 1. The van der Waals surface area contributed by atoms with Crippen LogP contribution in [0.2, 0.25) is 5.02 Å². The Labute approximate surface area is 142 Å². The van der Waals surface area contributed by atoms with E-state index >= 15 is 0 Å². The summed E-state index contributed by atoms with van der Waals surface area (Å²) in [5.41, 5.74) is 3.33. The Kier molecular flexibility index (Phi) is 3.71. The molecule has 1 aliphatic rings. The zero-order chi connectivity index (χ0) is 15.8. The van der Waals surface area contributed by atoms with Crippen molar-refractivity contribution in [3.05, 3.63) is 75.0 Å². The number of fused-ring (bicyclic) bond motifs is 1. The minimum Gasteiger partial charge on any atom is -0.486 e. The van der Waals surface area contributed by atoms with E-state index in [4.69, 9.17) is 16.3 Å². The minimum atomic E-state index is -0.0650. The molecule has 5 heteroatoms. The van der Waals surface area contributed by atoms with Crippen LogP contribution in [0.3, 0.4) is 0 Å². The van der Waals surface area contributed by atoms with E-state index in [2.05, 4.69) is 10.4 Å². The fourth-order valence-corrected chi connectivity index (χ4v) is 3.95. The van der Waals surface area contributed by atoms with Crippen LogP contribution in [-0.4, -0.2) is 4.37 Å². The van der Waals surface area contributed by atoms with Gasteiger partial charge in [0.1, 0.15) is 11.9 Å². The molecule has 1 aliphatic carbocycles. The molecule has 4 rings (SSSR count). The van der Waals surface area contributed by atoms with Gasteiger partial charge < -0.3 is 4.74 Å². The first-order valence-corrected chi connectivity index (χ1v) is 8.63. The van der Waals surface area contributed by atoms with Crippen LogP contribution in [-0.2, 0) is 6.42 Å². The highest BCUT2D eigenvalue weighted by Gasteiger charge is 2.25. The lowest BCUT2D eigenvalue weighted by atomic mass is 10.1. The Bertz CT molecular complexity index is 898. The topological polar surface area (TPSA) is 42.1 Å². The van der Waals surface area contributed by atoms with Crippen LogP contribution in [0.1, 0.15) is 23.7 Å². The van der Waals surface area contributed by atoms with Gasteiger partial charge in [0, 0.05) is 11.1 Å². The highest BCUT2D eigenvalue weighted by atomic mass is 35.5. The number of hydrogen-bond acceptors (Lipinski definition) is 3. The smallest absolute Gasteiger partial charge is 0.258 e. The number of aromatic nitrogens is 1. The lowest BCUT2D eigenvalue weighted by molar-refractivity contribution is 0.207. The second-order valence-corrected chi connectivity index (χ2v) is 6.81. The van der Waals surface area contributed by atoms with Crippen molar-refractivity contribution in [1.29, 1.82) is 0 Å². The average Bonchev–Trinajstić information content (AvgIpc) is 3.16. The SMILES string of the molecule is O=c1cc(-c2ccc(OC3CCc4c(Cl)cccc43)cc2)s[nH]1. The van der Waals surface area contributed by atoms with Crippen molar-refractivity contribution in [2.45, 2.75) is 18.9 Å². The Morgan fingerprint density at radius 3 is 2.74 bits per heavy atom. The van der Waals surface area contributed by atoms with E-state index in [1.807, 2.05) is 36.4 Å². The summed E-state index contributed by atoms with van der Waals surface area (Å²) in [6.45, 7) is 0. The van der Waals surface area contributed by atoms with Gasteiger partial charge in [0.05, 0.1) is 4.88 Å². The van der Waals surface area contributed by atoms with Gasteiger partial charge >= 0.3 is 0 Å². The van der Waals surface area contributed by atoms with E-state index in [0.717, 1.165) is 34.1 Å². The zero-order valence-corrected chi connectivity index (χ0v) is 13.8. The third kappa shape index (κ3) is 2.80. The van der Waals surface area contributed by atoms with Crippen LogP contribution in [0.5, 0.6) is 5.75 Å². The van der Waals surface area contributed by atoms with E-state index in [1.165, 1.54) is 22.7 Å². The zero-order valence-electron chi connectivity index (χ0n) is 12.2. The molecule has 0 aliphatic heterocycles. The molecule has 1 heterocycles. The number of halogens is 1. The number of H-pyrrole nitrogens is 1. The van der Waals surface area contributed by atoms with Crippen LogP contribution < -0.4 is 10.3 Å². The molecule has 116 valence electrons. The molecule has 0 amide bonds. The van der Waals surface area contributed by atoms with E-state index in [0.29, 0.717) is 0 Å². The Balaban J connectivity index is 1.55. The standard InChI is InChI=1S/C18H14ClNO2S/c19-15-3-1-2-14-13(15)8-9-16(14)22-12-6-4-11(5-7-12)17-10-18(21)20-23-17/h1-7,10,16H,8-9H2,(H,20,21). The fourth-order valence-electron chi connectivity index (χ4n) is 2.98. The second kappa shape index (κ2) is 5.87. The molecule has 0 saturated carbocycles. The first-order chi connectivity index (χ1) is 11.2. The monoisotopic (exact) mass is 343 g/mol. The minimum absolute atomic E-state index is 0.0536. The molecule has 2 aromatic carbocycles. The number of rotatable bonds is 3. The molecular formula is C18H14ClNO2S. The highest BCUT2D eigenvalue weighted by Crippen LogP contribution is 2.38. The summed E-state index contributed by atoms with van der Waals surface area (Å²) in [7, 11) is 0. The van der Waals surface area contributed by atoms with Gasteiger partial charge in [0.2, 0.25) is 0 Å². The largest absolute Gasteiger partial charge is 0.486 e. The molecule has 1 aromatic heterocycles. The summed E-state index contributed by atoms with van der Waals surface area (Å²) in [5.74, 6) is 0.828. The van der Waals surface area contributed by atoms with E-state index in [-0.39, 0.29) is 11.7 Å². The summed E-state index contributed by atoms with van der Waals surface area (Å²) in [6, 6.07) is 15.4. The predicted molar refractivity (Wildman–Crippen MR) is 93.5 cm³/mol. The first kappa shape index (κ1) is 14.5. The van der Waals surface area contributed by atoms with Crippen molar-refractivity contribution in [2.24, 2.45) is 0 Å². The normalized spacial score (nSPS) is 16.3. The number of ether oxygens (including phenoxy) is 1. The van der Waals surface area contributed by atoms with Gasteiger partial charge in [-0.15, -0.1) is 0 Å². The summed E-state index contributed by atoms with van der Waals surface area (Å²) < 4.78 is 8.83. The molecular weight excluding hydrogens is 330 g/mol. The van der Waals surface area contributed by atoms with Crippen LogP contribution in [0, 0.1) is 0 Å². The van der Waals surface area contributed by atoms with Gasteiger partial charge in [-0.25, -0.2) is 0 Å². The van der Waals surface area contributed by atoms with Crippen molar-refractivity contribution in [2.75, 3.05) is 0 Å². The second-order valence-electron chi connectivity index (χ2n) is 5.55. The summed E-state index contributed by atoms with van der Waals surface area (Å²) in [4.78, 5) is 12.2. The van der Waals surface area contributed by atoms with Crippen molar-refractivity contribution >= 4 is 23.1 Å². The Morgan fingerprint density at radius 2 is 2.00 bits per heavy atom. The molecule has 0 spiro atoms. The van der Waals surface area contributed by atoms with Crippen LogP contribution in [0.4, 0.5) is 0 Å². The molecule has 0 radical (unpaired) electrons. The van der Waals surface area contributed by atoms with E-state index < -0.39 is 0 Å². The third-order valence-corrected chi connectivity index (χ3v) is 5.33. The predicted octanol–water partition coefficient (Wildman–Crippen LogP) is 4.82. The Morgan fingerprint density at radius 1 is 1.17 bits per heavy atom. The van der Waals surface area contributed by atoms with Gasteiger partial charge in [-0.3, -0.25) is 9.17 Å². The molecule has 1 atom stereocenters. The molecule has 23 heavy (non-hydrogen) atoms. The van der Waals surface area contributed by atoms with E-state index in [9.17, 15) is 4.79 Å². The summed E-state index contributed by atoms with van der Waals surface area (Å²) in [6.07, 6.45) is 1.95. The summed E-state index contributed by atoms with van der Waals surface area (Å²) >= 11 is 7.59. The molecule has 0 saturated heterocycles. The number of nitrogens with one attached hydrogen (secondary N) is 1. The molecule has 1 N–H and O–H groups in total. The lowest BCUT2D eigenvalue weighted by Gasteiger charge is -2.15. The van der Waals surface area contributed by atoms with Gasteiger partial charge in [-0.1, -0.05) is 35.3 Å². The van der Waals surface area contributed by atoms with Gasteiger partial charge in [0.25, 0.3) is 5.56 Å². The van der Waals surface area contributed by atoms with Gasteiger partial charge in [-0.05, 0) is 59.9 Å². The van der Waals surface area contributed by atoms with Crippen molar-refractivity contribution in [1.82, 2.24) is 4.37 Å². The van der Waals surface area contributed by atoms with Gasteiger partial charge in [0.15, 0.2) is 0 Å². The quantitative estimate of drug-likeness (QED) is 0.740. The first-order valence-electron chi connectivity index (χ1n) is 7.43. The number of benzene rings is 2. The third-order valence-electron chi connectivity index (χ3n) is 4.10. The maximum Gasteiger partial charge on any atom is 0.258 e.